The van der Waals surface area contributed by atoms with E-state index in [-0.39, 0.29) is 10.5 Å². The molecule has 0 aromatic carbocycles. The highest BCUT2D eigenvalue weighted by atomic mass is 32.2. The van der Waals surface area contributed by atoms with Gasteiger partial charge in [-0.25, -0.2) is 8.42 Å². The van der Waals surface area contributed by atoms with Crippen molar-refractivity contribution in [1.29, 1.82) is 0 Å². The van der Waals surface area contributed by atoms with Crippen molar-refractivity contribution in [2.24, 2.45) is 5.92 Å². The van der Waals surface area contributed by atoms with Gasteiger partial charge in [-0.2, -0.15) is 0 Å². The van der Waals surface area contributed by atoms with E-state index in [4.69, 9.17) is 0 Å². The maximum absolute atomic E-state index is 11.5. The Bertz CT molecular complexity index is 228. The van der Waals surface area contributed by atoms with Crippen molar-refractivity contribution in [3.05, 3.63) is 0 Å². The van der Waals surface area contributed by atoms with Crippen molar-refractivity contribution in [3.63, 3.8) is 0 Å². The fourth-order valence-electron chi connectivity index (χ4n) is 1.40. The van der Waals surface area contributed by atoms with Crippen LogP contribution < -0.4 is 0 Å². The number of rotatable bonds is 3. The van der Waals surface area contributed by atoms with E-state index in [1.807, 2.05) is 0 Å². The van der Waals surface area contributed by atoms with Crippen LogP contribution in [-0.2, 0) is 9.84 Å². The van der Waals surface area contributed by atoms with Crippen molar-refractivity contribution in [3.8, 4) is 0 Å². The predicted molar refractivity (Wildman–Crippen MR) is 46.2 cm³/mol. The van der Waals surface area contributed by atoms with E-state index in [1.54, 1.807) is 13.8 Å². The summed E-state index contributed by atoms with van der Waals surface area (Å²) in [5.74, 6) is 0.461. The Kier molecular flexibility index (Phi) is 2.28. The first-order valence-corrected chi connectivity index (χ1v) is 5.83. The summed E-state index contributed by atoms with van der Waals surface area (Å²) in [7, 11) is -2.76. The van der Waals surface area contributed by atoms with Crippen LogP contribution in [-0.4, -0.2) is 18.9 Å². The zero-order chi connectivity index (χ0) is 8.65. The standard InChI is InChI=1S/C8H16O2S/c1-4-7-5-8(7)11(9,10)6(2)3/h6-8H,4-5H2,1-3H3. The molecule has 3 heteroatoms. The Morgan fingerprint density at radius 2 is 2.00 bits per heavy atom. The summed E-state index contributed by atoms with van der Waals surface area (Å²) >= 11 is 0. The quantitative estimate of drug-likeness (QED) is 0.654. The van der Waals surface area contributed by atoms with E-state index in [9.17, 15) is 8.42 Å². The van der Waals surface area contributed by atoms with Crippen LogP contribution in [0.1, 0.15) is 33.6 Å². The molecule has 1 fully saturated rings. The molecule has 1 aliphatic rings. The topological polar surface area (TPSA) is 34.1 Å². The molecule has 66 valence electrons. The van der Waals surface area contributed by atoms with Gasteiger partial charge in [-0.05, 0) is 26.2 Å². The van der Waals surface area contributed by atoms with E-state index >= 15 is 0 Å². The van der Waals surface area contributed by atoms with Crippen molar-refractivity contribution in [1.82, 2.24) is 0 Å². The highest BCUT2D eigenvalue weighted by Crippen LogP contribution is 2.41. The summed E-state index contributed by atoms with van der Waals surface area (Å²) in [6.07, 6.45) is 1.91. The van der Waals surface area contributed by atoms with Crippen LogP contribution >= 0.6 is 0 Å². The van der Waals surface area contributed by atoms with E-state index in [2.05, 4.69) is 6.92 Å². The molecular weight excluding hydrogens is 160 g/mol. The van der Waals surface area contributed by atoms with Gasteiger partial charge in [0.1, 0.15) is 0 Å². The van der Waals surface area contributed by atoms with E-state index in [1.165, 1.54) is 0 Å². The molecule has 0 spiro atoms. The maximum atomic E-state index is 11.5. The molecule has 1 saturated carbocycles. The molecule has 0 saturated heterocycles. The second-order valence-corrected chi connectivity index (χ2v) is 6.31. The lowest BCUT2D eigenvalue weighted by molar-refractivity contribution is 0.582. The van der Waals surface area contributed by atoms with Crippen molar-refractivity contribution < 1.29 is 8.42 Å². The van der Waals surface area contributed by atoms with Crippen LogP contribution in [0, 0.1) is 5.92 Å². The van der Waals surface area contributed by atoms with Gasteiger partial charge in [-0.15, -0.1) is 0 Å². The Balaban J connectivity index is 2.63. The van der Waals surface area contributed by atoms with Gasteiger partial charge < -0.3 is 0 Å². The minimum atomic E-state index is -2.76. The second kappa shape index (κ2) is 2.77. The van der Waals surface area contributed by atoms with Crippen LogP contribution in [0.15, 0.2) is 0 Å². The summed E-state index contributed by atoms with van der Waals surface area (Å²) in [6.45, 7) is 5.58. The molecule has 2 unspecified atom stereocenters. The van der Waals surface area contributed by atoms with Crippen molar-refractivity contribution in [2.45, 2.75) is 44.1 Å². The minimum Gasteiger partial charge on any atom is -0.228 e. The van der Waals surface area contributed by atoms with Gasteiger partial charge in [0.2, 0.25) is 0 Å². The first kappa shape index (κ1) is 9.04. The molecule has 0 amide bonds. The summed E-state index contributed by atoms with van der Waals surface area (Å²) in [6, 6.07) is 0. The molecule has 2 nitrogen and oxygen atoms in total. The Morgan fingerprint density at radius 1 is 1.45 bits per heavy atom. The molecule has 0 radical (unpaired) electrons. The zero-order valence-electron chi connectivity index (χ0n) is 7.37. The third kappa shape index (κ3) is 1.58. The molecular formula is C8H16O2S. The van der Waals surface area contributed by atoms with E-state index in [0.29, 0.717) is 5.92 Å². The first-order valence-electron chi connectivity index (χ1n) is 4.22. The van der Waals surface area contributed by atoms with Crippen LogP contribution in [0.5, 0.6) is 0 Å². The molecule has 1 aliphatic carbocycles. The van der Waals surface area contributed by atoms with Gasteiger partial charge in [0.05, 0.1) is 10.5 Å². The van der Waals surface area contributed by atoms with Crippen molar-refractivity contribution >= 4 is 9.84 Å². The zero-order valence-corrected chi connectivity index (χ0v) is 8.19. The largest absolute Gasteiger partial charge is 0.228 e. The average Bonchev–Trinajstić information content (AvgIpc) is 2.65. The Labute approximate surface area is 68.9 Å². The molecule has 0 heterocycles. The molecule has 1 rings (SSSR count). The fraction of sp³-hybridized carbons (Fsp3) is 1.00. The highest BCUT2D eigenvalue weighted by molar-refractivity contribution is 7.92. The van der Waals surface area contributed by atoms with Crippen molar-refractivity contribution in [2.75, 3.05) is 0 Å². The molecule has 0 aromatic heterocycles. The number of hydrogen-bond acceptors (Lipinski definition) is 2. The normalized spacial score (nSPS) is 30.9. The lowest BCUT2D eigenvalue weighted by Crippen LogP contribution is -2.19. The highest BCUT2D eigenvalue weighted by Gasteiger charge is 2.46. The maximum Gasteiger partial charge on any atom is 0.155 e. The van der Waals surface area contributed by atoms with Crippen LogP contribution in [0.25, 0.3) is 0 Å². The second-order valence-electron chi connectivity index (χ2n) is 3.58. The lowest BCUT2D eigenvalue weighted by Gasteiger charge is -2.05. The Morgan fingerprint density at radius 3 is 2.27 bits per heavy atom. The first-order chi connectivity index (χ1) is 5.00. The summed E-state index contributed by atoms with van der Waals surface area (Å²) < 4.78 is 22.9. The average molecular weight is 176 g/mol. The van der Waals surface area contributed by atoms with E-state index in [0.717, 1.165) is 12.8 Å². The van der Waals surface area contributed by atoms with Crippen LogP contribution in [0.4, 0.5) is 0 Å². The predicted octanol–water partition coefficient (Wildman–Crippen LogP) is 1.61. The monoisotopic (exact) mass is 176 g/mol. The molecule has 0 bridgehead atoms. The summed E-state index contributed by atoms with van der Waals surface area (Å²) in [5.41, 5.74) is 0. The minimum absolute atomic E-state index is 0.00694. The fourth-order valence-corrected chi connectivity index (χ4v) is 3.34. The third-order valence-electron chi connectivity index (χ3n) is 2.46. The van der Waals surface area contributed by atoms with Gasteiger partial charge in [-0.3, -0.25) is 0 Å². The molecule has 0 aliphatic heterocycles. The number of hydrogen-bond donors (Lipinski definition) is 0. The van der Waals surface area contributed by atoms with Gasteiger partial charge in [0.25, 0.3) is 0 Å². The number of sulfone groups is 1. The summed E-state index contributed by atoms with van der Waals surface area (Å²) in [4.78, 5) is 0. The molecule has 11 heavy (non-hydrogen) atoms. The Hall–Kier alpha value is -0.0500. The summed E-state index contributed by atoms with van der Waals surface area (Å²) in [5, 5.41) is -0.198. The van der Waals surface area contributed by atoms with E-state index < -0.39 is 9.84 Å². The van der Waals surface area contributed by atoms with Gasteiger partial charge in [0.15, 0.2) is 9.84 Å². The lowest BCUT2D eigenvalue weighted by atomic mass is 10.3. The van der Waals surface area contributed by atoms with Gasteiger partial charge in [0, 0.05) is 0 Å². The van der Waals surface area contributed by atoms with Gasteiger partial charge >= 0.3 is 0 Å². The molecule has 2 atom stereocenters. The van der Waals surface area contributed by atoms with Crippen LogP contribution in [0.2, 0.25) is 0 Å². The molecule has 0 aromatic rings. The SMILES string of the molecule is CCC1CC1S(=O)(=O)C(C)C. The van der Waals surface area contributed by atoms with Gasteiger partial charge in [-0.1, -0.05) is 13.3 Å². The smallest absolute Gasteiger partial charge is 0.155 e. The third-order valence-corrected chi connectivity index (χ3v) is 5.20. The molecule has 0 N–H and O–H groups in total. The van der Waals surface area contributed by atoms with Crippen LogP contribution in [0.3, 0.4) is 0 Å².